The molecule has 1 nitrogen and oxygen atoms in total. The van der Waals surface area contributed by atoms with Crippen molar-refractivity contribution in [1.29, 1.82) is 0 Å². The molecule has 0 aromatic heterocycles. The molecule has 3 unspecified atom stereocenters. The third-order valence-electron chi connectivity index (χ3n) is 11.6. The van der Waals surface area contributed by atoms with E-state index in [4.69, 9.17) is 0 Å². The largest absolute Gasteiger partial charge is 0.310 e. The monoisotopic (exact) mass is 677 g/mol. The molecule has 0 amide bonds. The Hall–Kier alpha value is -5.40. The van der Waals surface area contributed by atoms with Crippen LogP contribution in [0.5, 0.6) is 0 Å². The van der Waals surface area contributed by atoms with Crippen LogP contribution in [0.4, 0.5) is 11.4 Å². The second kappa shape index (κ2) is 14.3. The van der Waals surface area contributed by atoms with Gasteiger partial charge in [-0.25, -0.2) is 0 Å². The van der Waals surface area contributed by atoms with Gasteiger partial charge in [-0.05, 0) is 105 Å². The van der Waals surface area contributed by atoms with Crippen LogP contribution in [0.15, 0.2) is 204 Å². The quantitative estimate of drug-likeness (QED) is 0.203. The summed E-state index contributed by atoms with van der Waals surface area (Å²) in [5.41, 5.74) is 14.7. The molecule has 0 N–H and O–H groups in total. The Morgan fingerprint density at radius 1 is 0.615 bits per heavy atom. The Labute approximate surface area is 312 Å². The molecule has 0 saturated heterocycles. The molecule has 0 radical (unpaired) electrons. The Balaban J connectivity index is 0.00000207. The Kier molecular flexibility index (Phi) is 9.64. The van der Waals surface area contributed by atoms with Crippen LogP contribution in [-0.2, 0) is 0 Å². The van der Waals surface area contributed by atoms with Crippen molar-refractivity contribution in [2.45, 2.75) is 48.5 Å². The molecule has 260 valence electrons. The summed E-state index contributed by atoms with van der Waals surface area (Å²) in [6, 6.07) is 39.4. The smallest absolute Gasteiger partial charge is 0.0467 e. The molecule has 5 bridgehead atoms. The highest BCUT2D eigenvalue weighted by molar-refractivity contribution is 5.78. The molecule has 0 heterocycles. The van der Waals surface area contributed by atoms with Gasteiger partial charge in [0.2, 0.25) is 0 Å². The third kappa shape index (κ3) is 6.24. The fraction of sp³-hybridized carbons (Fsp3) is 0.216. The zero-order valence-corrected chi connectivity index (χ0v) is 31.8. The predicted octanol–water partition coefficient (Wildman–Crippen LogP) is 14.2. The van der Waals surface area contributed by atoms with E-state index in [1.807, 2.05) is 13.8 Å². The lowest BCUT2D eigenvalue weighted by molar-refractivity contribution is 0.211. The van der Waals surface area contributed by atoms with Crippen LogP contribution in [0.2, 0.25) is 0 Å². The second-order valence-electron chi connectivity index (χ2n) is 14.9. The minimum absolute atomic E-state index is 0.171. The first-order valence-corrected chi connectivity index (χ1v) is 19.0. The fourth-order valence-electron chi connectivity index (χ4n) is 8.87. The summed E-state index contributed by atoms with van der Waals surface area (Å²) in [5.74, 6) is 0.513. The van der Waals surface area contributed by atoms with E-state index in [0.29, 0.717) is 0 Å². The van der Waals surface area contributed by atoms with Gasteiger partial charge >= 0.3 is 0 Å². The molecule has 3 atom stereocenters. The van der Waals surface area contributed by atoms with Crippen molar-refractivity contribution in [2.75, 3.05) is 4.90 Å². The van der Waals surface area contributed by atoms with Gasteiger partial charge in [0, 0.05) is 28.4 Å². The van der Waals surface area contributed by atoms with Crippen molar-refractivity contribution in [1.82, 2.24) is 0 Å². The average molecular weight is 678 g/mol. The van der Waals surface area contributed by atoms with Gasteiger partial charge in [0.1, 0.15) is 0 Å². The summed E-state index contributed by atoms with van der Waals surface area (Å²) >= 11 is 0. The SMILES string of the molecule is CC.CC1=C2\C=C(N(c3ccc(-c4ccccc4)cc3)c3cccc(-c4ccccc4)c3)/C=C/C3=CC=CC4=CC3(C)C(\C=C/C=C\1C4C)C2(C)C. The number of fused-ring (bicyclic) bond motifs is 1. The van der Waals surface area contributed by atoms with Crippen molar-refractivity contribution in [3.63, 3.8) is 0 Å². The molecule has 0 saturated carbocycles. The molecule has 0 spiro atoms. The van der Waals surface area contributed by atoms with Gasteiger partial charge in [-0.15, -0.1) is 0 Å². The maximum absolute atomic E-state index is 2.58. The summed E-state index contributed by atoms with van der Waals surface area (Å²) in [5, 5.41) is 0. The lowest BCUT2D eigenvalue weighted by atomic mass is 9.57. The Morgan fingerprint density at radius 3 is 1.94 bits per heavy atom. The molecule has 9 rings (SSSR count). The first kappa shape index (κ1) is 35.0. The van der Waals surface area contributed by atoms with Gasteiger partial charge < -0.3 is 4.90 Å². The van der Waals surface area contributed by atoms with Gasteiger partial charge in [0.25, 0.3) is 0 Å². The zero-order chi connectivity index (χ0) is 36.5. The molecule has 4 aromatic carbocycles. The molecule has 4 aromatic rings. The molecule has 5 aliphatic carbocycles. The maximum Gasteiger partial charge on any atom is 0.0467 e. The van der Waals surface area contributed by atoms with Gasteiger partial charge in [-0.3, -0.25) is 0 Å². The standard InChI is InChI=1S/C49H45N.C2H6/c1-34-40-20-12-21-41-27-30-44(32-46-35(2)45(34)23-14-24-47(48(46,3)4)49(41,5)33-40)50(42-28-25-38(26-29-42)36-15-8-6-9-16-36)43-22-13-19-39(31-43)37-17-10-7-11-18-37;1-2/h6-34,47H,1-5H3;1-2H3/b24-14-,30-27+,44-32+,45-23-,46-35-;. The number of nitrogens with zero attached hydrogens (tertiary/aromatic N) is 1. The third-order valence-corrected chi connectivity index (χ3v) is 11.6. The zero-order valence-electron chi connectivity index (χ0n) is 31.8. The van der Waals surface area contributed by atoms with Crippen LogP contribution in [-0.4, -0.2) is 0 Å². The second-order valence-corrected chi connectivity index (χ2v) is 14.9. The molecule has 0 fully saturated rings. The first-order valence-electron chi connectivity index (χ1n) is 19.0. The van der Waals surface area contributed by atoms with E-state index in [9.17, 15) is 0 Å². The van der Waals surface area contributed by atoms with Gasteiger partial charge in [0.05, 0.1) is 0 Å². The van der Waals surface area contributed by atoms with E-state index in [-0.39, 0.29) is 22.7 Å². The Morgan fingerprint density at radius 2 is 1.25 bits per heavy atom. The Bertz CT molecular complexity index is 2200. The highest BCUT2D eigenvalue weighted by atomic mass is 15.1. The summed E-state index contributed by atoms with van der Waals surface area (Å²) in [6.45, 7) is 16.1. The highest BCUT2D eigenvalue weighted by Gasteiger charge is 2.47. The van der Waals surface area contributed by atoms with E-state index >= 15 is 0 Å². The number of hydrogen-bond acceptors (Lipinski definition) is 1. The first-order chi connectivity index (χ1) is 25.2. The molecule has 52 heavy (non-hydrogen) atoms. The number of hydrogen-bond donors (Lipinski definition) is 0. The van der Waals surface area contributed by atoms with Gasteiger partial charge in [0.15, 0.2) is 0 Å². The van der Waals surface area contributed by atoms with E-state index in [1.165, 1.54) is 50.1 Å². The molecule has 0 aliphatic heterocycles. The molecular weight excluding hydrogens is 627 g/mol. The minimum atomic E-state index is -0.207. The van der Waals surface area contributed by atoms with Gasteiger partial charge in [-0.1, -0.05) is 175 Å². The number of benzene rings is 4. The number of rotatable bonds is 5. The van der Waals surface area contributed by atoms with E-state index in [2.05, 4.69) is 209 Å². The maximum atomic E-state index is 2.58. The van der Waals surface area contributed by atoms with E-state index in [1.54, 1.807) is 0 Å². The van der Waals surface area contributed by atoms with Crippen LogP contribution in [0.3, 0.4) is 0 Å². The minimum Gasteiger partial charge on any atom is -0.310 e. The van der Waals surface area contributed by atoms with Crippen molar-refractivity contribution in [3.8, 4) is 22.3 Å². The lowest BCUT2D eigenvalue weighted by Crippen LogP contribution is -2.38. The van der Waals surface area contributed by atoms with Crippen molar-refractivity contribution < 1.29 is 0 Å². The lowest BCUT2D eigenvalue weighted by Gasteiger charge is -2.46. The van der Waals surface area contributed by atoms with Crippen LogP contribution in [0.1, 0.15) is 48.5 Å². The summed E-state index contributed by atoms with van der Waals surface area (Å²) in [6.07, 6.45) is 24.0. The van der Waals surface area contributed by atoms with Crippen LogP contribution in [0.25, 0.3) is 22.3 Å². The number of allylic oxidation sites excluding steroid dienone is 15. The summed E-state index contributed by atoms with van der Waals surface area (Å²) < 4.78 is 0. The van der Waals surface area contributed by atoms with Gasteiger partial charge in [-0.2, -0.15) is 0 Å². The van der Waals surface area contributed by atoms with Crippen LogP contribution < -0.4 is 4.90 Å². The van der Waals surface area contributed by atoms with Crippen LogP contribution >= 0.6 is 0 Å². The fourth-order valence-corrected chi connectivity index (χ4v) is 8.87. The average Bonchev–Trinajstić information content (AvgIpc) is 3.28. The summed E-state index contributed by atoms with van der Waals surface area (Å²) in [4.78, 5) is 2.45. The summed E-state index contributed by atoms with van der Waals surface area (Å²) in [7, 11) is 0. The topological polar surface area (TPSA) is 3.24 Å². The van der Waals surface area contributed by atoms with Crippen molar-refractivity contribution in [2.24, 2.45) is 22.7 Å². The normalized spacial score (nSPS) is 27.1. The highest BCUT2D eigenvalue weighted by Crippen LogP contribution is 2.57. The van der Waals surface area contributed by atoms with Crippen molar-refractivity contribution >= 4 is 11.4 Å². The number of anilines is 2. The van der Waals surface area contributed by atoms with Crippen LogP contribution in [0, 0.1) is 22.7 Å². The molecule has 5 aliphatic rings. The predicted molar refractivity (Wildman–Crippen MR) is 224 cm³/mol. The van der Waals surface area contributed by atoms with Crippen molar-refractivity contribution in [3.05, 3.63) is 204 Å². The molecular formula is C51H51N. The molecule has 1 heteroatoms. The van der Waals surface area contributed by atoms with E-state index in [0.717, 1.165) is 17.1 Å². The van der Waals surface area contributed by atoms with E-state index < -0.39 is 0 Å².